The van der Waals surface area contributed by atoms with Gasteiger partial charge in [0.2, 0.25) is 0 Å². The Morgan fingerprint density at radius 2 is 1.60 bits per heavy atom. The molecular weight excluding hydrogens is 455 g/mol. The standard InChI is InChI=1S/C21H36NPSe2/c1-2-3-4-5-6-7-14-19-25-23(24,21-17-12-9-13-18-21)22-20-15-10-8-11-16-20/h9,12-13,17-18,20H,2-8,10-11,14-16,19H2,1H3,(H,22,24). The average Bonchev–Trinajstić information content (AvgIpc) is 2.65. The summed E-state index contributed by atoms with van der Waals surface area (Å²) in [6, 6.07) is 12.0. The molecule has 1 fully saturated rings. The van der Waals surface area contributed by atoms with Crippen LogP contribution in [0.15, 0.2) is 30.3 Å². The van der Waals surface area contributed by atoms with Gasteiger partial charge in [-0.2, -0.15) is 0 Å². The fraction of sp³-hybridized carbons (Fsp3) is 0.714. The Hall–Kier alpha value is 0.649. The molecule has 0 heterocycles. The summed E-state index contributed by atoms with van der Waals surface area (Å²) in [5.41, 5.74) is 0. The third-order valence-corrected chi connectivity index (χ3v) is 18.8. The van der Waals surface area contributed by atoms with Crippen LogP contribution in [0, 0.1) is 0 Å². The Labute approximate surface area is 169 Å². The Morgan fingerprint density at radius 1 is 0.960 bits per heavy atom. The van der Waals surface area contributed by atoms with Gasteiger partial charge in [0.25, 0.3) is 0 Å². The molecule has 1 aromatic carbocycles. The van der Waals surface area contributed by atoms with Gasteiger partial charge in [0, 0.05) is 0 Å². The van der Waals surface area contributed by atoms with Crippen LogP contribution >= 0.6 is 4.35 Å². The van der Waals surface area contributed by atoms with E-state index in [0.29, 0.717) is 14.5 Å². The summed E-state index contributed by atoms with van der Waals surface area (Å²) in [5, 5.41) is 7.14. The average molecular weight is 491 g/mol. The topological polar surface area (TPSA) is 12.0 Å². The van der Waals surface area contributed by atoms with Crippen LogP contribution in [0.25, 0.3) is 0 Å². The third-order valence-electron chi connectivity index (χ3n) is 5.07. The number of benzene rings is 1. The summed E-state index contributed by atoms with van der Waals surface area (Å²) < 4.78 is -1.27. The molecule has 1 aliphatic rings. The molecular formula is C21H36NPSe2. The van der Waals surface area contributed by atoms with E-state index in [1.54, 1.807) is 5.30 Å². The zero-order valence-corrected chi connectivity index (χ0v) is 20.2. The quantitative estimate of drug-likeness (QED) is 0.214. The van der Waals surface area contributed by atoms with Gasteiger partial charge in [0.15, 0.2) is 0 Å². The van der Waals surface area contributed by atoms with Crippen molar-refractivity contribution in [2.45, 2.75) is 95.3 Å². The molecule has 1 nitrogen and oxygen atoms in total. The first-order chi connectivity index (χ1) is 12.2. The molecule has 0 saturated heterocycles. The molecule has 0 radical (unpaired) electrons. The molecule has 1 aliphatic carbocycles. The van der Waals surface area contributed by atoms with E-state index in [9.17, 15) is 0 Å². The van der Waals surface area contributed by atoms with Crippen LogP contribution in [0.2, 0.25) is 5.32 Å². The number of hydrogen-bond acceptors (Lipinski definition) is 1. The van der Waals surface area contributed by atoms with Gasteiger partial charge < -0.3 is 0 Å². The van der Waals surface area contributed by atoms with Gasteiger partial charge in [-0.1, -0.05) is 0 Å². The molecule has 0 bridgehead atoms. The van der Waals surface area contributed by atoms with Crippen molar-refractivity contribution in [2.75, 3.05) is 0 Å². The van der Waals surface area contributed by atoms with E-state index in [4.69, 9.17) is 0 Å². The van der Waals surface area contributed by atoms with Crippen LogP contribution in [-0.2, 0) is 0 Å². The molecule has 2 rings (SSSR count). The van der Waals surface area contributed by atoms with E-state index < -0.39 is 4.35 Å². The van der Waals surface area contributed by atoms with Crippen LogP contribution in [0.3, 0.4) is 0 Å². The summed E-state index contributed by atoms with van der Waals surface area (Å²) >= 11 is 4.38. The fourth-order valence-electron chi connectivity index (χ4n) is 3.53. The van der Waals surface area contributed by atoms with Gasteiger partial charge in [0.05, 0.1) is 0 Å². The van der Waals surface area contributed by atoms with Crippen LogP contribution in [0.1, 0.15) is 84.0 Å². The molecule has 142 valence electrons. The number of nitrogens with one attached hydrogen (secondary N) is 1. The zero-order valence-electron chi connectivity index (χ0n) is 15.9. The summed E-state index contributed by atoms with van der Waals surface area (Å²) in [6.07, 6.45) is 17.0. The summed E-state index contributed by atoms with van der Waals surface area (Å²) in [5.74, 6) is 0. The third kappa shape index (κ3) is 8.46. The van der Waals surface area contributed by atoms with E-state index in [-0.39, 0.29) is 0 Å². The van der Waals surface area contributed by atoms with Crippen LogP contribution < -0.4 is 10.4 Å². The number of hydrogen-bond donors (Lipinski definition) is 1. The first kappa shape index (κ1) is 21.9. The zero-order chi connectivity index (χ0) is 17.8. The van der Waals surface area contributed by atoms with Gasteiger partial charge in [-0.3, -0.25) is 0 Å². The van der Waals surface area contributed by atoms with E-state index in [1.807, 2.05) is 0 Å². The minimum absolute atomic E-state index is 0.676. The second kappa shape index (κ2) is 12.9. The first-order valence-electron chi connectivity index (χ1n) is 10.3. The van der Waals surface area contributed by atoms with Gasteiger partial charge >= 0.3 is 170 Å². The van der Waals surface area contributed by atoms with Crippen molar-refractivity contribution in [3.63, 3.8) is 0 Å². The van der Waals surface area contributed by atoms with E-state index in [1.165, 1.54) is 82.4 Å². The van der Waals surface area contributed by atoms with Crippen LogP contribution in [0.5, 0.6) is 0 Å². The first-order valence-corrected chi connectivity index (χ1v) is 17.8. The Morgan fingerprint density at radius 3 is 2.28 bits per heavy atom. The summed E-state index contributed by atoms with van der Waals surface area (Å²) in [4.78, 5) is 0. The monoisotopic (exact) mass is 493 g/mol. The van der Waals surface area contributed by atoms with Crippen molar-refractivity contribution in [2.24, 2.45) is 0 Å². The predicted octanol–water partition coefficient (Wildman–Crippen LogP) is 6.04. The van der Waals surface area contributed by atoms with Crippen LogP contribution in [0.4, 0.5) is 0 Å². The molecule has 1 N–H and O–H groups in total. The molecule has 0 aliphatic heterocycles. The Balaban J connectivity index is 1.81. The second-order valence-electron chi connectivity index (χ2n) is 7.31. The van der Waals surface area contributed by atoms with Crippen molar-refractivity contribution in [3.8, 4) is 0 Å². The molecule has 0 spiro atoms. The minimum atomic E-state index is -1.27. The Bertz CT molecular complexity index is 500. The predicted molar refractivity (Wildman–Crippen MR) is 117 cm³/mol. The van der Waals surface area contributed by atoms with Crippen LogP contribution in [-0.4, -0.2) is 35.7 Å². The van der Waals surface area contributed by atoms with Crippen molar-refractivity contribution in [1.82, 2.24) is 5.09 Å². The molecule has 0 aromatic heterocycles. The molecule has 1 saturated carbocycles. The molecule has 4 heteroatoms. The van der Waals surface area contributed by atoms with Gasteiger partial charge in [-0.05, 0) is 0 Å². The summed E-state index contributed by atoms with van der Waals surface area (Å²) in [6.45, 7) is 2.30. The SMILES string of the molecule is CCCCCCCCC[Se]P(=[Se])(NC1CCCCC1)c1ccccc1. The molecule has 1 atom stereocenters. The summed E-state index contributed by atoms with van der Waals surface area (Å²) in [7, 11) is 0. The normalized spacial score (nSPS) is 18.1. The molecule has 25 heavy (non-hydrogen) atoms. The number of unbranched alkanes of at least 4 members (excludes halogenated alkanes) is 6. The van der Waals surface area contributed by atoms with E-state index in [2.05, 4.69) is 57.4 Å². The molecule has 1 aromatic rings. The van der Waals surface area contributed by atoms with Gasteiger partial charge in [-0.25, -0.2) is 0 Å². The number of rotatable bonds is 12. The Kier molecular flexibility index (Phi) is 11.4. The molecule has 0 amide bonds. The van der Waals surface area contributed by atoms with E-state index >= 15 is 0 Å². The van der Waals surface area contributed by atoms with Gasteiger partial charge in [0.1, 0.15) is 0 Å². The maximum atomic E-state index is 4.15. The van der Waals surface area contributed by atoms with Crippen molar-refractivity contribution >= 4 is 39.3 Å². The van der Waals surface area contributed by atoms with Crippen molar-refractivity contribution < 1.29 is 0 Å². The van der Waals surface area contributed by atoms with Crippen molar-refractivity contribution in [1.29, 1.82) is 0 Å². The van der Waals surface area contributed by atoms with Gasteiger partial charge in [-0.15, -0.1) is 0 Å². The fourth-order valence-corrected chi connectivity index (χ4v) is 15.7. The molecule has 1 unspecified atom stereocenters. The second-order valence-corrected chi connectivity index (χ2v) is 22.3. The van der Waals surface area contributed by atoms with E-state index in [0.717, 1.165) is 6.04 Å². The maximum absolute atomic E-state index is 4.15. The van der Waals surface area contributed by atoms with Crippen molar-refractivity contribution in [3.05, 3.63) is 30.3 Å².